The molecule has 0 fully saturated rings. The van der Waals surface area contributed by atoms with Gasteiger partial charge in [0.05, 0.1) is 17.8 Å². The van der Waals surface area contributed by atoms with E-state index in [4.69, 9.17) is 4.42 Å². The van der Waals surface area contributed by atoms with Gasteiger partial charge in [0.25, 0.3) is 0 Å². The van der Waals surface area contributed by atoms with E-state index >= 15 is 0 Å². The van der Waals surface area contributed by atoms with Crippen LogP contribution >= 0.6 is 0 Å². The Kier molecular flexibility index (Phi) is 3.52. The van der Waals surface area contributed by atoms with E-state index in [1.807, 2.05) is 24.4 Å². The maximum absolute atomic E-state index is 5.49. The van der Waals surface area contributed by atoms with E-state index < -0.39 is 0 Å². The lowest BCUT2D eigenvalue weighted by Crippen LogP contribution is -2.21. The van der Waals surface area contributed by atoms with Crippen LogP contribution in [-0.2, 0) is 6.54 Å². The molecule has 3 aromatic rings. The Labute approximate surface area is 118 Å². The van der Waals surface area contributed by atoms with Crippen LogP contribution in [0.5, 0.6) is 0 Å². The van der Waals surface area contributed by atoms with E-state index in [0.717, 1.165) is 17.8 Å². The number of nitrogens with zero attached hydrogens (tertiary/aromatic N) is 2. The highest BCUT2D eigenvalue weighted by molar-refractivity contribution is 5.81. The summed E-state index contributed by atoms with van der Waals surface area (Å²) in [5.74, 6) is 0.992. The van der Waals surface area contributed by atoms with Crippen LogP contribution in [0.4, 0.5) is 0 Å². The summed E-state index contributed by atoms with van der Waals surface area (Å²) >= 11 is 0. The van der Waals surface area contributed by atoms with Gasteiger partial charge in [-0.15, -0.1) is 0 Å². The van der Waals surface area contributed by atoms with Crippen LogP contribution in [0.1, 0.15) is 24.3 Å². The van der Waals surface area contributed by atoms with Gasteiger partial charge >= 0.3 is 0 Å². The number of furan rings is 1. The largest absolute Gasteiger partial charge is 0.468 e. The third-order valence-corrected chi connectivity index (χ3v) is 3.77. The summed E-state index contributed by atoms with van der Waals surface area (Å²) in [6.07, 6.45) is 3.56. The Balaban J connectivity index is 1.86. The summed E-state index contributed by atoms with van der Waals surface area (Å²) in [5.41, 5.74) is 2.33. The molecule has 0 unspecified atom stereocenters. The Bertz CT molecular complexity index is 686. The fourth-order valence-electron chi connectivity index (χ4n) is 2.46. The molecule has 3 rings (SSSR count). The van der Waals surface area contributed by atoms with Crippen molar-refractivity contribution in [3.63, 3.8) is 0 Å². The molecular formula is C17H18N2O. The lowest BCUT2D eigenvalue weighted by molar-refractivity contribution is 0.224. The molecule has 0 saturated heterocycles. The number of rotatable bonds is 4. The fraction of sp³-hybridized carbons (Fsp3) is 0.235. The minimum absolute atomic E-state index is 0.247. The Morgan fingerprint density at radius 2 is 2.05 bits per heavy atom. The van der Waals surface area contributed by atoms with E-state index in [9.17, 15) is 0 Å². The van der Waals surface area contributed by atoms with E-state index in [0.29, 0.717) is 0 Å². The van der Waals surface area contributed by atoms with Crippen LogP contribution in [0.3, 0.4) is 0 Å². The van der Waals surface area contributed by atoms with Gasteiger partial charge in [-0.05, 0) is 43.8 Å². The second-order valence-corrected chi connectivity index (χ2v) is 5.09. The third-order valence-electron chi connectivity index (χ3n) is 3.77. The number of pyridine rings is 1. The van der Waals surface area contributed by atoms with E-state index in [1.165, 1.54) is 10.9 Å². The van der Waals surface area contributed by atoms with Crippen LogP contribution in [0, 0.1) is 0 Å². The normalized spacial score (nSPS) is 12.9. The maximum Gasteiger partial charge on any atom is 0.120 e. The quantitative estimate of drug-likeness (QED) is 0.714. The maximum atomic E-state index is 5.49. The summed E-state index contributed by atoms with van der Waals surface area (Å²) in [6.45, 7) is 3.02. The van der Waals surface area contributed by atoms with Crippen LogP contribution in [0.25, 0.3) is 10.9 Å². The lowest BCUT2D eigenvalue weighted by atomic mass is 10.1. The summed E-state index contributed by atoms with van der Waals surface area (Å²) in [4.78, 5) is 6.69. The Hall–Kier alpha value is -2.13. The predicted octanol–water partition coefficient (Wildman–Crippen LogP) is 4.02. The number of fused-ring (bicyclic) bond motifs is 1. The standard InChI is InChI=1S/C17H18N2O/c1-13(17-9-5-11-20-17)19(2)12-14-6-3-8-16-15(14)7-4-10-18-16/h3-11,13H,12H2,1-2H3/t13-/m0/s1. The van der Waals surface area contributed by atoms with Crippen molar-refractivity contribution in [3.05, 3.63) is 66.2 Å². The number of aromatic nitrogens is 1. The number of hydrogen-bond acceptors (Lipinski definition) is 3. The first kappa shape index (κ1) is 12.9. The van der Waals surface area contributed by atoms with Gasteiger partial charge in [0, 0.05) is 18.1 Å². The van der Waals surface area contributed by atoms with Crippen LogP contribution in [-0.4, -0.2) is 16.9 Å². The first-order chi connectivity index (χ1) is 9.75. The van der Waals surface area contributed by atoms with Gasteiger partial charge in [-0.25, -0.2) is 0 Å². The molecule has 0 spiro atoms. The fourth-order valence-corrected chi connectivity index (χ4v) is 2.46. The van der Waals surface area contributed by atoms with Crippen molar-refractivity contribution in [3.8, 4) is 0 Å². The molecule has 0 aliphatic carbocycles. The van der Waals surface area contributed by atoms with E-state index in [-0.39, 0.29) is 6.04 Å². The summed E-state index contributed by atoms with van der Waals surface area (Å²) in [6, 6.07) is 14.6. The SMILES string of the molecule is C[C@@H](c1ccco1)N(C)Cc1cccc2ncccc12. The molecule has 0 N–H and O–H groups in total. The molecule has 3 nitrogen and oxygen atoms in total. The molecule has 20 heavy (non-hydrogen) atoms. The van der Waals surface area contributed by atoms with Gasteiger partial charge < -0.3 is 4.42 Å². The first-order valence-electron chi connectivity index (χ1n) is 6.82. The van der Waals surface area contributed by atoms with Gasteiger partial charge in [-0.3, -0.25) is 9.88 Å². The van der Waals surface area contributed by atoms with Crippen LogP contribution in [0.2, 0.25) is 0 Å². The number of hydrogen-bond donors (Lipinski definition) is 0. The van der Waals surface area contributed by atoms with Crippen molar-refractivity contribution in [2.75, 3.05) is 7.05 Å². The zero-order valence-corrected chi connectivity index (χ0v) is 11.8. The molecule has 1 atom stereocenters. The molecule has 2 aromatic heterocycles. The van der Waals surface area contributed by atoms with Crippen molar-refractivity contribution in [2.45, 2.75) is 19.5 Å². The average Bonchev–Trinajstić information content (AvgIpc) is 3.01. The van der Waals surface area contributed by atoms with Crippen molar-refractivity contribution >= 4 is 10.9 Å². The molecule has 0 amide bonds. The molecule has 102 valence electrons. The van der Waals surface area contributed by atoms with Gasteiger partial charge in [0.15, 0.2) is 0 Å². The van der Waals surface area contributed by atoms with Gasteiger partial charge in [-0.1, -0.05) is 18.2 Å². The molecule has 0 radical (unpaired) electrons. The first-order valence-corrected chi connectivity index (χ1v) is 6.82. The van der Waals surface area contributed by atoms with Crippen molar-refractivity contribution < 1.29 is 4.42 Å². The predicted molar refractivity (Wildman–Crippen MR) is 80.3 cm³/mol. The topological polar surface area (TPSA) is 29.3 Å². The van der Waals surface area contributed by atoms with Gasteiger partial charge in [-0.2, -0.15) is 0 Å². The minimum atomic E-state index is 0.247. The van der Waals surface area contributed by atoms with E-state index in [1.54, 1.807) is 6.26 Å². The lowest BCUT2D eigenvalue weighted by Gasteiger charge is -2.23. The second kappa shape index (κ2) is 5.47. The second-order valence-electron chi connectivity index (χ2n) is 5.09. The van der Waals surface area contributed by atoms with Crippen molar-refractivity contribution in [1.82, 2.24) is 9.88 Å². The van der Waals surface area contributed by atoms with Crippen molar-refractivity contribution in [1.29, 1.82) is 0 Å². The molecule has 3 heteroatoms. The van der Waals surface area contributed by atoms with Crippen LogP contribution in [0.15, 0.2) is 59.3 Å². The molecule has 0 aliphatic heterocycles. The minimum Gasteiger partial charge on any atom is -0.468 e. The third kappa shape index (κ3) is 2.45. The van der Waals surface area contributed by atoms with E-state index in [2.05, 4.69) is 48.1 Å². The molecule has 2 heterocycles. The van der Waals surface area contributed by atoms with Crippen molar-refractivity contribution in [2.24, 2.45) is 0 Å². The molecular weight excluding hydrogens is 248 g/mol. The number of benzene rings is 1. The summed E-state index contributed by atoms with van der Waals surface area (Å²) in [5, 5.41) is 1.22. The summed E-state index contributed by atoms with van der Waals surface area (Å²) < 4.78 is 5.49. The molecule has 0 aliphatic rings. The average molecular weight is 266 g/mol. The Morgan fingerprint density at radius 3 is 2.85 bits per heavy atom. The highest BCUT2D eigenvalue weighted by Gasteiger charge is 2.15. The molecule has 1 aromatic carbocycles. The van der Waals surface area contributed by atoms with Gasteiger partial charge in [0.2, 0.25) is 0 Å². The molecule has 0 saturated carbocycles. The van der Waals surface area contributed by atoms with Crippen LogP contribution < -0.4 is 0 Å². The smallest absolute Gasteiger partial charge is 0.120 e. The zero-order chi connectivity index (χ0) is 13.9. The van der Waals surface area contributed by atoms with Gasteiger partial charge in [0.1, 0.15) is 5.76 Å². The highest BCUT2D eigenvalue weighted by Crippen LogP contribution is 2.23. The molecule has 0 bridgehead atoms. The summed E-state index contributed by atoms with van der Waals surface area (Å²) in [7, 11) is 2.11. The zero-order valence-electron chi connectivity index (χ0n) is 11.8. The Morgan fingerprint density at radius 1 is 1.15 bits per heavy atom. The highest BCUT2D eigenvalue weighted by atomic mass is 16.3. The monoisotopic (exact) mass is 266 g/mol.